The molecule has 4 aromatic carbocycles. The fourth-order valence-electron chi connectivity index (χ4n) is 6.99. The predicted octanol–water partition coefficient (Wildman–Crippen LogP) is 6.27. The first-order valence-corrected chi connectivity index (χ1v) is 14.0. The number of hydrazone groups is 1. The Morgan fingerprint density at radius 2 is 1.56 bits per heavy atom. The van der Waals surface area contributed by atoms with Gasteiger partial charge in [-0.2, -0.15) is 5.10 Å². The van der Waals surface area contributed by atoms with E-state index in [1.54, 1.807) is 30.5 Å². The number of nitrogens with one attached hydrogen (secondary N) is 1. The molecule has 1 aliphatic heterocycles. The van der Waals surface area contributed by atoms with Crippen molar-refractivity contribution in [1.82, 2.24) is 5.43 Å². The third-order valence-electron chi connectivity index (χ3n) is 8.55. The Morgan fingerprint density at radius 3 is 2.22 bits per heavy atom. The lowest BCUT2D eigenvalue weighted by Crippen LogP contribution is -2.54. The summed E-state index contributed by atoms with van der Waals surface area (Å²) in [7, 11) is 0. The Bertz CT molecular complexity index is 1770. The van der Waals surface area contributed by atoms with E-state index in [-0.39, 0.29) is 28.7 Å². The minimum absolute atomic E-state index is 0.216. The third-order valence-corrected chi connectivity index (χ3v) is 9.09. The van der Waals surface area contributed by atoms with Gasteiger partial charge in [0.05, 0.1) is 28.0 Å². The van der Waals surface area contributed by atoms with Crippen molar-refractivity contribution >= 4 is 52.8 Å². The van der Waals surface area contributed by atoms with Gasteiger partial charge >= 0.3 is 0 Å². The molecule has 8 rings (SSSR count). The maximum atomic E-state index is 14.4. The number of benzene rings is 4. The summed E-state index contributed by atoms with van der Waals surface area (Å²) in [4.78, 5) is 42.9. The molecule has 6 nitrogen and oxygen atoms in total. The van der Waals surface area contributed by atoms with Crippen molar-refractivity contribution in [2.75, 3.05) is 4.90 Å². The van der Waals surface area contributed by atoms with Gasteiger partial charge in [-0.15, -0.1) is 0 Å². The first-order chi connectivity index (χ1) is 19.8. The number of rotatable bonds is 4. The molecule has 202 valence electrons. The van der Waals surface area contributed by atoms with Crippen LogP contribution in [0.25, 0.3) is 0 Å². The first kappa shape index (κ1) is 25.7. The number of amides is 3. The highest BCUT2D eigenvalue weighted by molar-refractivity contribution is 6.38. The zero-order valence-corrected chi connectivity index (χ0v) is 23.4. The fourth-order valence-corrected chi connectivity index (χ4v) is 7.49. The zero-order valence-electron chi connectivity index (χ0n) is 21.8. The molecule has 1 saturated heterocycles. The summed E-state index contributed by atoms with van der Waals surface area (Å²) in [5, 5.41) is 5.08. The largest absolute Gasteiger partial charge is 0.274 e. The van der Waals surface area contributed by atoms with E-state index in [1.165, 1.54) is 11.0 Å². The molecule has 1 N–H and O–H groups in total. The molecule has 2 atom stereocenters. The van der Waals surface area contributed by atoms with Crippen LogP contribution in [0.3, 0.4) is 0 Å². The summed E-state index contributed by atoms with van der Waals surface area (Å²) >= 11 is 12.7. The summed E-state index contributed by atoms with van der Waals surface area (Å²) in [6, 6.07) is 27.7. The summed E-state index contributed by atoms with van der Waals surface area (Å²) in [6.07, 6.45) is 1.64. The van der Waals surface area contributed by atoms with Crippen molar-refractivity contribution in [2.45, 2.75) is 18.3 Å². The Labute approximate surface area is 246 Å². The van der Waals surface area contributed by atoms with E-state index in [1.807, 2.05) is 67.6 Å². The predicted molar refractivity (Wildman–Crippen MR) is 159 cm³/mol. The number of aryl methyl sites for hydroxylation is 1. The average Bonchev–Trinajstić information content (AvgIpc) is 3.24. The van der Waals surface area contributed by atoms with Crippen LogP contribution < -0.4 is 10.3 Å². The quantitative estimate of drug-likeness (QED) is 0.176. The van der Waals surface area contributed by atoms with Crippen molar-refractivity contribution in [3.63, 3.8) is 0 Å². The van der Waals surface area contributed by atoms with Gasteiger partial charge in [0.25, 0.3) is 5.91 Å². The molecule has 41 heavy (non-hydrogen) atoms. The van der Waals surface area contributed by atoms with Gasteiger partial charge in [-0.05, 0) is 59.5 Å². The molecule has 0 saturated carbocycles. The van der Waals surface area contributed by atoms with E-state index < -0.39 is 17.3 Å². The minimum Gasteiger partial charge on any atom is -0.274 e. The lowest BCUT2D eigenvalue weighted by Gasteiger charge is -2.52. The van der Waals surface area contributed by atoms with Crippen LogP contribution in [0.1, 0.15) is 44.1 Å². The highest BCUT2D eigenvalue weighted by atomic mass is 35.5. The molecule has 3 aliphatic carbocycles. The molecule has 1 heterocycles. The van der Waals surface area contributed by atoms with Crippen LogP contribution in [-0.4, -0.2) is 23.9 Å². The van der Waals surface area contributed by atoms with Gasteiger partial charge in [0.1, 0.15) is 0 Å². The number of nitrogens with zero attached hydrogens (tertiary/aromatic N) is 2. The van der Waals surface area contributed by atoms with E-state index >= 15 is 0 Å². The van der Waals surface area contributed by atoms with Crippen LogP contribution in [0.2, 0.25) is 10.0 Å². The summed E-state index contributed by atoms with van der Waals surface area (Å²) in [5.74, 6) is -2.85. The number of hydrogen-bond acceptors (Lipinski definition) is 4. The van der Waals surface area contributed by atoms with Gasteiger partial charge in [-0.1, -0.05) is 89.4 Å². The fraction of sp³-hybridized carbons (Fsp3) is 0.152. The van der Waals surface area contributed by atoms with Crippen LogP contribution in [0.4, 0.5) is 5.69 Å². The number of imide groups is 1. The molecule has 2 bridgehead atoms. The topological polar surface area (TPSA) is 78.8 Å². The van der Waals surface area contributed by atoms with Crippen LogP contribution in [0.15, 0.2) is 96.1 Å². The van der Waals surface area contributed by atoms with Crippen molar-refractivity contribution in [3.05, 3.63) is 134 Å². The number of carbonyl (C=O) groups is 3. The molecule has 4 aromatic rings. The normalized spacial score (nSPS) is 23.9. The Morgan fingerprint density at radius 1 is 0.878 bits per heavy atom. The van der Waals surface area contributed by atoms with Gasteiger partial charge < -0.3 is 0 Å². The maximum Gasteiger partial charge on any atom is 0.271 e. The van der Waals surface area contributed by atoms with E-state index in [9.17, 15) is 14.4 Å². The van der Waals surface area contributed by atoms with Crippen molar-refractivity contribution in [1.29, 1.82) is 0 Å². The monoisotopic (exact) mass is 579 g/mol. The zero-order chi connectivity index (χ0) is 28.5. The summed E-state index contributed by atoms with van der Waals surface area (Å²) < 4.78 is 0. The van der Waals surface area contributed by atoms with Crippen molar-refractivity contribution < 1.29 is 14.4 Å². The van der Waals surface area contributed by atoms with E-state index in [0.717, 1.165) is 27.8 Å². The molecular formula is C33H23Cl2N3O3. The molecule has 0 spiro atoms. The smallest absolute Gasteiger partial charge is 0.271 e. The molecule has 3 amide bonds. The number of hydrogen-bond donors (Lipinski definition) is 1. The molecule has 0 aromatic heterocycles. The lowest BCUT2D eigenvalue weighted by atomic mass is 9.47. The second-order valence-electron chi connectivity index (χ2n) is 10.7. The highest BCUT2D eigenvalue weighted by Crippen LogP contribution is 2.63. The second kappa shape index (κ2) is 9.40. The third kappa shape index (κ3) is 3.64. The van der Waals surface area contributed by atoms with Gasteiger partial charge in [-0.3, -0.25) is 14.4 Å². The molecule has 0 radical (unpaired) electrons. The first-order valence-electron chi connectivity index (χ1n) is 13.3. The minimum atomic E-state index is -1.10. The highest BCUT2D eigenvalue weighted by Gasteiger charge is 2.68. The Kier molecular flexibility index (Phi) is 5.89. The van der Waals surface area contributed by atoms with Crippen molar-refractivity contribution in [3.8, 4) is 0 Å². The standard InChI is InChI=1S/C33H23Cl2N3O3/c1-18-7-6-8-19(15-18)30(39)37-36-17-33-23-11-4-2-9-21(23)27(22-10-3-5-12-24(22)33)28-29(33)32(41)38(31(28)40)26-14-13-20(34)16-25(26)35/h2-17,27-29H,1H3,(H,37,39)/b36-17+/t27?,28-,29-,33?/m1/s1. The van der Waals surface area contributed by atoms with Crippen LogP contribution >= 0.6 is 23.2 Å². The van der Waals surface area contributed by atoms with Crippen LogP contribution in [0.5, 0.6) is 0 Å². The van der Waals surface area contributed by atoms with Gasteiger partial charge in [0.2, 0.25) is 11.8 Å². The Balaban J connectivity index is 1.41. The second-order valence-corrected chi connectivity index (χ2v) is 11.5. The Hall–Kier alpha value is -4.26. The van der Waals surface area contributed by atoms with Gasteiger partial charge in [0.15, 0.2) is 0 Å². The van der Waals surface area contributed by atoms with Crippen LogP contribution in [0, 0.1) is 18.8 Å². The van der Waals surface area contributed by atoms with E-state index in [0.29, 0.717) is 16.3 Å². The van der Waals surface area contributed by atoms with E-state index in [2.05, 4.69) is 10.5 Å². The van der Waals surface area contributed by atoms with Gasteiger partial charge in [-0.25, -0.2) is 10.3 Å². The van der Waals surface area contributed by atoms with Gasteiger partial charge in [0, 0.05) is 22.7 Å². The molecular weight excluding hydrogens is 557 g/mol. The van der Waals surface area contributed by atoms with E-state index in [4.69, 9.17) is 23.2 Å². The molecule has 0 unspecified atom stereocenters. The lowest BCUT2D eigenvalue weighted by molar-refractivity contribution is -0.122. The maximum absolute atomic E-state index is 14.4. The van der Waals surface area contributed by atoms with Crippen molar-refractivity contribution in [2.24, 2.45) is 16.9 Å². The SMILES string of the molecule is Cc1cccc(C(=O)N/N=C/C23c4ccccc4C(c4ccccc42)[C@H]2C(=O)N(c4ccc(Cl)cc4Cl)C(=O)[C@@H]23)c1. The number of anilines is 1. The average molecular weight is 580 g/mol. The molecule has 1 fully saturated rings. The number of carbonyl (C=O) groups excluding carboxylic acids is 3. The van der Waals surface area contributed by atoms with Crippen LogP contribution in [-0.2, 0) is 15.0 Å². The summed E-state index contributed by atoms with van der Waals surface area (Å²) in [5.41, 5.74) is 7.00. The molecule has 4 aliphatic rings. The summed E-state index contributed by atoms with van der Waals surface area (Å²) in [6.45, 7) is 1.91. The number of halogens is 2. The molecule has 8 heteroatoms.